The molecular weight excluding hydrogens is 208 g/mol. The molecule has 2 N–H and O–H groups in total. The molecule has 1 aromatic rings. The fraction of sp³-hybridized carbons (Fsp3) is 0.727. The highest BCUT2D eigenvalue weighted by molar-refractivity contribution is 7.09. The molecule has 0 radical (unpaired) electrons. The fourth-order valence-electron chi connectivity index (χ4n) is 1.27. The predicted molar refractivity (Wildman–Crippen MR) is 64.1 cm³/mol. The van der Waals surface area contributed by atoms with Crippen LogP contribution in [0.1, 0.15) is 37.9 Å². The SMILES string of the molecule is CCOCc1nc(C(C)(CC)CN)cs1. The number of thiazole rings is 1. The average molecular weight is 228 g/mol. The third kappa shape index (κ3) is 3.00. The van der Waals surface area contributed by atoms with Crippen LogP contribution in [0.15, 0.2) is 5.38 Å². The summed E-state index contributed by atoms with van der Waals surface area (Å²) in [5.74, 6) is 0. The molecule has 0 aliphatic rings. The zero-order valence-electron chi connectivity index (χ0n) is 9.75. The average Bonchev–Trinajstić information content (AvgIpc) is 2.74. The number of ether oxygens (including phenoxy) is 1. The molecule has 0 aliphatic heterocycles. The Morgan fingerprint density at radius 2 is 2.27 bits per heavy atom. The van der Waals surface area contributed by atoms with E-state index in [1.165, 1.54) is 0 Å². The van der Waals surface area contributed by atoms with Crippen LogP contribution < -0.4 is 5.73 Å². The summed E-state index contributed by atoms with van der Waals surface area (Å²) in [5, 5.41) is 3.14. The Morgan fingerprint density at radius 3 is 2.80 bits per heavy atom. The highest BCUT2D eigenvalue weighted by Gasteiger charge is 2.25. The maximum Gasteiger partial charge on any atom is 0.119 e. The van der Waals surface area contributed by atoms with E-state index in [0.29, 0.717) is 13.2 Å². The Balaban J connectivity index is 2.74. The number of aromatic nitrogens is 1. The minimum Gasteiger partial charge on any atom is -0.375 e. The number of rotatable bonds is 6. The maximum atomic E-state index is 5.79. The lowest BCUT2D eigenvalue weighted by Crippen LogP contribution is -2.31. The number of hydrogen-bond donors (Lipinski definition) is 1. The molecule has 0 spiro atoms. The Kier molecular flexibility index (Phi) is 4.70. The molecule has 15 heavy (non-hydrogen) atoms. The minimum absolute atomic E-state index is 0.0148. The van der Waals surface area contributed by atoms with Gasteiger partial charge in [0.2, 0.25) is 0 Å². The molecule has 1 rings (SSSR count). The fourth-order valence-corrected chi connectivity index (χ4v) is 2.16. The highest BCUT2D eigenvalue weighted by Crippen LogP contribution is 2.27. The van der Waals surface area contributed by atoms with Gasteiger partial charge in [-0.05, 0) is 13.3 Å². The van der Waals surface area contributed by atoms with E-state index >= 15 is 0 Å². The zero-order valence-corrected chi connectivity index (χ0v) is 10.6. The van der Waals surface area contributed by atoms with Gasteiger partial charge in [0.1, 0.15) is 5.01 Å². The summed E-state index contributed by atoms with van der Waals surface area (Å²) in [6, 6.07) is 0. The molecule has 1 aromatic heterocycles. The van der Waals surface area contributed by atoms with Crippen molar-refractivity contribution in [3.63, 3.8) is 0 Å². The standard InChI is InChI=1S/C11H20N2OS/c1-4-11(3,8-12)9-7-15-10(13-9)6-14-5-2/h7H,4-6,8,12H2,1-3H3. The van der Waals surface area contributed by atoms with Crippen LogP contribution in [0.25, 0.3) is 0 Å². The van der Waals surface area contributed by atoms with Crippen LogP contribution in [0.2, 0.25) is 0 Å². The summed E-state index contributed by atoms with van der Waals surface area (Å²) in [6.07, 6.45) is 1.02. The molecule has 0 fully saturated rings. The van der Waals surface area contributed by atoms with Crippen molar-refractivity contribution in [2.75, 3.05) is 13.2 Å². The largest absolute Gasteiger partial charge is 0.375 e. The molecule has 0 aromatic carbocycles. The Hall–Kier alpha value is -0.450. The smallest absolute Gasteiger partial charge is 0.119 e. The first-order valence-corrected chi connectivity index (χ1v) is 6.27. The van der Waals surface area contributed by atoms with E-state index in [1.54, 1.807) is 11.3 Å². The lowest BCUT2D eigenvalue weighted by atomic mass is 9.85. The Bertz CT molecular complexity index is 295. The van der Waals surface area contributed by atoms with Gasteiger partial charge in [0, 0.05) is 23.9 Å². The van der Waals surface area contributed by atoms with Gasteiger partial charge in [-0.3, -0.25) is 0 Å². The molecule has 0 amide bonds. The Labute approximate surface area is 95.7 Å². The zero-order chi connectivity index (χ0) is 11.3. The van der Waals surface area contributed by atoms with Gasteiger partial charge in [-0.15, -0.1) is 11.3 Å². The van der Waals surface area contributed by atoms with Gasteiger partial charge in [-0.2, -0.15) is 0 Å². The molecule has 1 unspecified atom stereocenters. The maximum absolute atomic E-state index is 5.79. The Morgan fingerprint density at radius 1 is 1.53 bits per heavy atom. The van der Waals surface area contributed by atoms with Crippen molar-refractivity contribution < 1.29 is 4.74 Å². The molecule has 3 nitrogen and oxygen atoms in total. The van der Waals surface area contributed by atoms with E-state index in [9.17, 15) is 0 Å². The van der Waals surface area contributed by atoms with E-state index in [2.05, 4.69) is 24.2 Å². The second kappa shape index (κ2) is 5.58. The first-order valence-electron chi connectivity index (χ1n) is 5.39. The summed E-state index contributed by atoms with van der Waals surface area (Å²) >= 11 is 1.66. The molecule has 86 valence electrons. The highest BCUT2D eigenvalue weighted by atomic mass is 32.1. The van der Waals surface area contributed by atoms with E-state index in [1.807, 2.05) is 6.92 Å². The van der Waals surface area contributed by atoms with Crippen molar-refractivity contribution in [1.82, 2.24) is 4.98 Å². The summed E-state index contributed by atoms with van der Waals surface area (Å²) in [7, 11) is 0. The summed E-state index contributed by atoms with van der Waals surface area (Å²) in [4.78, 5) is 4.58. The van der Waals surface area contributed by atoms with Gasteiger partial charge in [0.25, 0.3) is 0 Å². The van der Waals surface area contributed by atoms with Gasteiger partial charge >= 0.3 is 0 Å². The van der Waals surface area contributed by atoms with Crippen LogP contribution >= 0.6 is 11.3 Å². The van der Waals surface area contributed by atoms with Crippen LogP contribution in [-0.2, 0) is 16.8 Å². The summed E-state index contributed by atoms with van der Waals surface area (Å²) < 4.78 is 5.33. The second-order valence-electron chi connectivity index (χ2n) is 3.88. The van der Waals surface area contributed by atoms with Crippen LogP contribution in [0, 0.1) is 0 Å². The molecule has 0 aliphatic carbocycles. The molecule has 0 bridgehead atoms. The van der Waals surface area contributed by atoms with E-state index < -0.39 is 0 Å². The van der Waals surface area contributed by atoms with Crippen molar-refractivity contribution in [3.8, 4) is 0 Å². The minimum atomic E-state index is 0.0148. The van der Waals surface area contributed by atoms with Gasteiger partial charge in [-0.25, -0.2) is 4.98 Å². The first-order chi connectivity index (χ1) is 7.16. The topological polar surface area (TPSA) is 48.1 Å². The van der Waals surface area contributed by atoms with Crippen molar-refractivity contribution in [2.45, 2.75) is 39.2 Å². The summed E-state index contributed by atoms with van der Waals surface area (Å²) in [5.41, 5.74) is 6.91. The van der Waals surface area contributed by atoms with Crippen molar-refractivity contribution in [3.05, 3.63) is 16.1 Å². The third-order valence-electron chi connectivity index (χ3n) is 2.83. The number of nitrogens with two attached hydrogens (primary N) is 1. The predicted octanol–water partition coefficient (Wildman–Crippen LogP) is 2.31. The monoisotopic (exact) mass is 228 g/mol. The third-order valence-corrected chi connectivity index (χ3v) is 3.65. The van der Waals surface area contributed by atoms with E-state index in [-0.39, 0.29) is 5.41 Å². The van der Waals surface area contributed by atoms with Crippen LogP contribution in [0.3, 0.4) is 0 Å². The van der Waals surface area contributed by atoms with Crippen LogP contribution in [0.4, 0.5) is 0 Å². The van der Waals surface area contributed by atoms with Gasteiger partial charge in [0.05, 0.1) is 12.3 Å². The quantitative estimate of drug-likeness (QED) is 0.812. The van der Waals surface area contributed by atoms with Crippen molar-refractivity contribution in [1.29, 1.82) is 0 Å². The van der Waals surface area contributed by atoms with Crippen molar-refractivity contribution in [2.24, 2.45) is 5.73 Å². The number of nitrogens with zero attached hydrogens (tertiary/aromatic N) is 1. The molecular formula is C11H20N2OS. The first kappa shape index (κ1) is 12.6. The lowest BCUT2D eigenvalue weighted by molar-refractivity contribution is 0.133. The van der Waals surface area contributed by atoms with Gasteiger partial charge in [0.15, 0.2) is 0 Å². The lowest BCUT2D eigenvalue weighted by Gasteiger charge is -2.23. The van der Waals surface area contributed by atoms with Crippen LogP contribution in [-0.4, -0.2) is 18.1 Å². The molecule has 4 heteroatoms. The molecule has 1 heterocycles. The van der Waals surface area contributed by atoms with Gasteiger partial charge < -0.3 is 10.5 Å². The number of hydrogen-bond acceptors (Lipinski definition) is 4. The van der Waals surface area contributed by atoms with Crippen LogP contribution in [0.5, 0.6) is 0 Å². The normalized spacial score (nSPS) is 15.2. The van der Waals surface area contributed by atoms with Gasteiger partial charge in [-0.1, -0.05) is 13.8 Å². The second-order valence-corrected chi connectivity index (χ2v) is 4.82. The van der Waals surface area contributed by atoms with Crippen molar-refractivity contribution >= 4 is 11.3 Å². The van der Waals surface area contributed by atoms with E-state index in [4.69, 9.17) is 10.5 Å². The van der Waals surface area contributed by atoms with E-state index in [0.717, 1.165) is 23.7 Å². The summed E-state index contributed by atoms with van der Waals surface area (Å²) in [6.45, 7) is 8.29. The molecule has 0 saturated heterocycles. The molecule has 1 atom stereocenters. The molecule has 0 saturated carbocycles.